The summed E-state index contributed by atoms with van der Waals surface area (Å²) >= 11 is 6.99. The Labute approximate surface area is 237 Å². The third kappa shape index (κ3) is 4.96. The number of nitrogens with two attached hydrogens (primary N) is 1. The van der Waals surface area contributed by atoms with Crippen molar-refractivity contribution in [3.05, 3.63) is 71.3 Å². The monoisotopic (exact) mass is 555 g/mol. The molecular weight excluding hydrogens is 526 g/mol. The molecule has 0 aliphatic heterocycles. The van der Waals surface area contributed by atoms with Crippen LogP contribution in [0.15, 0.2) is 55.0 Å². The van der Waals surface area contributed by atoms with Gasteiger partial charge in [-0.3, -0.25) is 4.79 Å². The number of benzene rings is 2. The Kier molecular flexibility index (Phi) is 6.93. The van der Waals surface area contributed by atoms with Gasteiger partial charge < -0.3 is 20.4 Å². The molecule has 1 amide bonds. The van der Waals surface area contributed by atoms with Gasteiger partial charge >= 0.3 is 6.01 Å². The first-order valence-corrected chi connectivity index (χ1v) is 13.1. The summed E-state index contributed by atoms with van der Waals surface area (Å²) in [5.74, 6) is 0.858. The van der Waals surface area contributed by atoms with E-state index < -0.39 is 5.41 Å². The van der Waals surface area contributed by atoms with Crippen LogP contribution in [0, 0.1) is 19.3 Å². The summed E-state index contributed by atoms with van der Waals surface area (Å²) in [6, 6.07) is 13.4. The van der Waals surface area contributed by atoms with Crippen molar-refractivity contribution in [3.63, 3.8) is 0 Å². The summed E-state index contributed by atoms with van der Waals surface area (Å²) in [6.07, 6.45) is 3.10. The smallest absolute Gasteiger partial charge is 0.322 e. The number of nitrogens with zero attached hydrogens (tertiary/aromatic N) is 5. The van der Waals surface area contributed by atoms with Crippen LogP contribution in [0.3, 0.4) is 0 Å². The Balaban J connectivity index is 1.63. The van der Waals surface area contributed by atoms with E-state index in [9.17, 15) is 4.79 Å². The fraction of sp³-hybridized carbons (Fsp3) is 0.233. The molecule has 0 saturated carbocycles. The highest BCUT2D eigenvalue weighted by Gasteiger charge is 2.26. The first-order valence-electron chi connectivity index (χ1n) is 12.7. The molecular formula is C30H30ClN7O2. The Morgan fingerprint density at radius 2 is 1.75 bits per heavy atom. The number of rotatable bonds is 5. The number of hydrogen-bond donors (Lipinski definition) is 2. The molecule has 204 valence electrons. The molecule has 0 fully saturated rings. The van der Waals surface area contributed by atoms with E-state index in [1.54, 1.807) is 6.20 Å². The molecule has 40 heavy (non-hydrogen) atoms. The maximum atomic E-state index is 12.7. The highest BCUT2D eigenvalue weighted by Crippen LogP contribution is 2.45. The molecule has 9 nitrogen and oxygen atoms in total. The summed E-state index contributed by atoms with van der Waals surface area (Å²) in [5, 5.41) is 4.23. The van der Waals surface area contributed by atoms with E-state index >= 15 is 0 Å². The summed E-state index contributed by atoms with van der Waals surface area (Å²) in [6.45, 7) is 9.37. The third-order valence-corrected chi connectivity index (χ3v) is 7.18. The van der Waals surface area contributed by atoms with Crippen molar-refractivity contribution in [1.82, 2.24) is 24.5 Å². The maximum absolute atomic E-state index is 12.7. The molecule has 5 aromatic rings. The standard InChI is InChI=1S/C30H30ClN7O2/c1-16-13-14-33-29(36-16)40-19-9-7-18(8-10-19)22-23-26(32)34-15-35-27(23)38(6)25(22)20-11-12-21(17(2)24(20)31)37-28(39)30(3,4)5/h7-15H,1-6H3,(H,37,39)(H2,32,34,35). The number of carbonyl (C=O) groups excluding carboxylic acids is 1. The molecule has 3 aromatic heterocycles. The van der Waals surface area contributed by atoms with Gasteiger partial charge in [-0.1, -0.05) is 44.5 Å². The maximum Gasteiger partial charge on any atom is 0.322 e. The van der Waals surface area contributed by atoms with Crippen LogP contribution in [0.2, 0.25) is 5.02 Å². The molecule has 5 rings (SSSR count). The van der Waals surface area contributed by atoms with Crippen molar-refractivity contribution in [1.29, 1.82) is 0 Å². The minimum atomic E-state index is -0.544. The van der Waals surface area contributed by atoms with Crippen LogP contribution in [-0.2, 0) is 11.8 Å². The summed E-state index contributed by atoms with van der Waals surface area (Å²) in [4.78, 5) is 29.9. The van der Waals surface area contributed by atoms with E-state index in [1.165, 1.54) is 6.33 Å². The van der Waals surface area contributed by atoms with E-state index in [4.69, 9.17) is 22.1 Å². The molecule has 0 unspecified atom stereocenters. The average Bonchev–Trinajstić information content (AvgIpc) is 3.20. The summed E-state index contributed by atoms with van der Waals surface area (Å²) < 4.78 is 7.81. The van der Waals surface area contributed by atoms with Crippen LogP contribution in [0.5, 0.6) is 11.8 Å². The number of halogens is 1. The predicted molar refractivity (Wildman–Crippen MR) is 158 cm³/mol. The van der Waals surface area contributed by atoms with E-state index in [2.05, 4.69) is 25.3 Å². The van der Waals surface area contributed by atoms with Gasteiger partial charge in [0.2, 0.25) is 5.91 Å². The van der Waals surface area contributed by atoms with Gasteiger partial charge in [0.05, 0.1) is 16.1 Å². The average molecular weight is 556 g/mol. The lowest BCUT2D eigenvalue weighted by molar-refractivity contribution is -0.123. The van der Waals surface area contributed by atoms with E-state index in [0.717, 1.165) is 39.0 Å². The van der Waals surface area contributed by atoms with Crippen LogP contribution in [0.1, 0.15) is 32.0 Å². The zero-order valence-electron chi connectivity index (χ0n) is 23.2. The van der Waals surface area contributed by atoms with E-state index in [1.807, 2.05) is 88.7 Å². The van der Waals surface area contributed by atoms with Gasteiger partial charge in [-0.2, -0.15) is 0 Å². The minimum absolute atomic E-state index is 0.0915. The summed E-state index contributed by atoms with van der Waals surface area (Å²) in [7, 11) is 1.92. The molecule has 0 aliphatic rings. The van der Waals surface area contributed by atoms with Crippen LogP contribution in [-0.4, -0.2) is 30.4 Å². The molecule has 0 aliphatic carbocycles. The van der Waals surface area contributed by atoms with E-state index in [-0.39, 0.29) is 11.9 Å². The molecule has 0 bridgehead atoms. The second kappa shape index (κ2) is 10.2. The molecule has 3 heterocycles. The topological polar surface area (TPSA) is 121 Å². The fourth-order valence-corrected chi connectivity index (χ4v) is 4.71. The third-order valence-electron chi connectivity index (χ3n) is 6.69. The number of hydrogen-bond acceptors (Lipinski definition) is 7. The molecule has 10 heteroatoms. The quantitative estimate of drug-likeness (QED) is 0.247. The molecule has 0 spiro atoms. The van der Waals surface area contributed by atoms with Crippen LogP contribution >= 0.6 is 11.6 Å². The predicted octanol–water partition coefficient (Wildman–Crippen LogP) is 6.72. The van der Waals surface area contributed by atoms with Crippen LogP contribution < -0.4 is 15.8 Å². The number of anilines is 2. The van der Waals surface area contributed by atoms with Gasteiger partial charge in [-0.15, -0.1) is 0 Å². The normalized spacial score (nSPS) is 11.6. The Morgan fingerprint density at radius 3 is 2.42 bits per heavy atom. The number of carbonyl (C=O) groups is 1. The lowest BCUT2D eigenvalue weighted by atomic mass is 9.94. The molecule has 0 radical (unpaired) electrons. The van der Waals surface area contributed by atoms with Crippen molar-refractivity contribution < 1.29 is 9.53 Å². The number of nitrogens with one attached hydrogen (secondary N) is 1. The largest absolute Gasteiger partial charge is 0.424 e. The van der Waals surface area contributed by atoms with Crippen molar-refractivity contribution >= 4 is 40.0 Å². The summed E-state index contributed by atoms with van der Waals surface area (Å²) in [5.41, 5.74) is 12.1. The number of aromatic nitrogens is 5. The minimum Gasteiger partial charge on any atom is -0.424 e. The Morgan fingerprint density at radius 1 is 1.02 bits per heavy atom. The van der Waals surface area contributed by atoms with Crippen molar-refractivity contribution in [2.24, 2.45) is 12.5 Å². The van der Waals surface area contributed by atoms with E-state index in [0.29, 0.717) is 27.9 Å². The van der Waals surface area contributed by atoms with Gasteiger partial charge in [0.25, 0.3) is 0 Å². The van der Waals surface area contributed by atoms with Gasteiger partial charge in [0, 0.05) is 41.2 Å². The number of ether oxygens (including phenoxy) is 1. The number of amides is 1. The zero-order chi connectivity index (χ0) is 28.8. The van der Waals surface area contributed by atoms with Crippen molar-refractivity contribution in [3.8, 4) is 34.1 Å². The lowest BCUT2D eigenvalue weighted by Crippen LogP contribution is -2.27. The van der Waals surface area contributed by atoms with Gasteiger partial charge in [0.15, 0.2) is 0 Å². The zero-order valence-corrected chi connectivity index (χ0v) is 24.0. The second-order valence-corrected chi connectivity index (χ2v) is 11.0. The molecule has 0 atom stereocenters. The SMILES string of the molecule is Cc1ccnc(Oc2ccc(-c3c(-c4ccc(NC(=O)C(C)(C)C)c(C)c4Cl)n(C)c4ncnc(N)c34)cc2)n1. The Bertz CT molecular complexity index is 1760. The first-order chi connectivity index (χ1) is 19.0. The molecule has 3 N–H and O–H groups in total. The van der Waals surface area contributed by atoms with Gasteiger partial charge in [0.1, 0.15) is 23.5 Å². The lowest BCUT2D eigenvalue weighted by Gasteiger charge is -2.20. The number of aryl methyl sites for hydroxylation is 2. The van der Waals surface area contributed by atoms with Gasteiger partial charge in [-0.05, 0) is 55.3 Å². The molecule has 0 saturated heterocycles. The Hall–Kier alpha value is -4.50. The molecule has 2 aromatic carbocycles. The van der Waals surface area contributed by atoms with Crippen LogP contribution in [0.25, 0.3) is 33.4 Å². The number of fused-ring (bicyclic) bond motifs is 1. The van der Waals surface area contributed by atoms with Crippen LogP contribution in [0.4, 0.5) is 11.5 Å². The highest BCUT2D eigenvalue weighted by molar-refractivity contribution is 6.35. The highest BCUT2D eigenvalue weighted by atomic mass is 35.5. The number of nitrogen functional groups attached to an aromatic ring is 1. The van der Waals surface area contributed by atoms with Crippen molar-refractivity contribution in [2.75, 3.05) is 11.1 Å². The fourth-order valence-electron chi connectivity index (χ4n) is 4.46. The first kappa shape index (κ1) is 27.1. The van der Waals surface area contributed by atoms with Gasteiger partial charge in [-0.25, -0.2) is 19.9 Å². The second-order valence-electron chi connectivity index (χ2n) is 10.7. The van der Waals surface area contributed by atoms with Crippen molar-refractivity contribution in [2.45, 2.75) is 34.6 Å².